The largest absolute Gasteiger partial charge is 0.392 e. The van der Waals surface area contributed by atoms with Gasteiger partial charge in [0.25, 0.3) is 0 Å². The average Bonchev–Trinajstić information content (AvgIpc) is 2.13. The van der Waals surface area contributed by atoms with Crippen molar-refractivity contribution in [3.63, 3.8) is 0 Å². The number of hydrogen-bond donors (Lipinski definition) is 1. The van der Waals surface area contributed by atoms with Gasteiger partial charge in [0.05, 0.1) is 6.10 Å². The Labute approximate surface area is 86.7 Å². The highest BCUT2D eigenvalue weighted by molar-refractivity contribution is 7.99. The smallest absolute Gasteiger partial charge is 0.0664 e. The van der Waals surface area contributed by atoms with Gasteiger partial charge < -0.3 is 10.0 Å². The summed E-state index contributed by atoms with van der Waals surface area (Å²) in [5.74, 6) is 2.33. The molecule has 0 heterocycles. The molecule has 0 radical (unpaired) electrons. The minimum Gasteiger partial charge on any atom is -0.392 e. The van der Waals surface area contributed by atoms with Crippen molar-refractivity contribution in [2.75, 3.05) is 25.1 Å². The Morgan fingerprint density at radius 1 is 1.38 bits per heavy atom. The Hall–Kier alpha value is 0.270. The summed E-state index contributed by atoms with van der Waals surface area (Å²) in [6.45, 7) is 7.20. The summed E-state index contributed by atoms with van der Waals surface area (Å²) in [5, 5.41) is 9.45. The third-order valence-corrected chi connectivity index (χ3v) is 3.41. The van der Waals surface area contributed by atoms with E-state index >= 15 is 0 Å². The van der Waals surface area contributed by atoms with Crippen molar-refractivity contribution < 1.29 is 5.11 Å². The summed E-state index contributed by atoms with van der Waals surface area (Å²) in [4.78, 5) is 2.23. The van der Waals surface area contributed by atoms with E-state index < -0.39 is 0 Å². The van der Waals surface area contributed by atoms with Gasteiger partial charge in [-0.15, -0.1) is 0 Å². The van der Waals surface area contributed by atoms with Gasteiger partial charge in [-0.2, -0.15) is 11.8 Å². The lowest BCUT2D eigenvalue weighted by Gasteiger charge is -2.26. The van der Waals surface area contributed by atoms with Crippen LogP contribution in [0.4, 0.5) is 0 Å². The fourth-order valence-corrected chi connectivity index (χ4v) is 1.89. The number of rotatable bonds is 7. The number of likely N-dealkylation sites (N-methyl/N-ethyl adjacent to an activating group) is 1. The van der Waals surface area contributed by atoms with Gasteiger partial charge in [-0.05, 0) is 26.1 Å². The third-order valence-electron chi connectivity index (χ3n) is 2.29. The van der Waals surface area contributed by atoms with Crippen LogP contribution >= 0.6 is 11.8 Å². The van der Waals surface area contributed by atoms with E-state index in [1.54, 1.807) is 0 Å². The van der Waals surface area contributed by atoms with Crippen molar-refractivity contribution in [2.24, 2.45) is 0 Å². The quantitative estimate of drug-likeness (QED) is 0.686. The molecule has 0 fully saturated rings. The van der Waals surface area contributed by atoms with Crippen LogP contribution in [0.15, 0.2) is 0 Å². The van der Waals surface area contributed by atoms with E-state index in [-0.39, 0.29) is 6.10 Å². The summed E-state index contributed by atoms with van der Waals surface area (Å²) in [6.07, 6.45) is 0.678. The maximum absolute atomic E-state index is 9.45. The molecule has 0 spiro atoms. The van der Waals surface area contributed by atoms with Crippen LogP contribution in [0.3, 0.4) is 0 Å². The summed E-state index contributed by atoms with van der Waals surface area (Å²) >= 11 is 1.96. The maximum atomic E-state index is 9.45. The molecule has 3 heteroatoms. The van der Waals surface area contributed by atoms with Gasteiger partial charge in [0.15, 0.2) is 0 Å². The van der Waals surface area contributed by atoms with Crippen LogP contribution in [0.1, 0.15) is 27.2 Å². The molecule has 0 aliphatic rings. The first-order valence-corrected chi connectivity index (χ1v) is 6.23. The SMILES string of the molecule is CCSC[C@@H](C)N(C)C[C@@H](O)CC. The highest BCUT2D eigenvalue weighted by Crippen LogP contribution is 2.07. The van der Waals surface area contributed by atoms with E-state index in [0.717, 1.165) is 18.7 Å². The molecule has 80 valence electrons. The van der Waals surface area contributed by atoms with Gasteiger partial charge in [0.2, 0.25) is 0 Å². The zero-order valence-corrected chi connectivity index (χ0v) is 10.1. The van der Waals surface area contributed by atoms with Crippen LogP contribution in [-0.2, 0) is 0 Å². The van der Waals surface area contributed by atoms with E-state index in [1.807, 2.05) is 18.7 Å². The molecule has 2 atom stereocenters. The second kappa shape index (κ2) is 7.65. The molecule has 13 heavy (non-hydrogen) atoms. The number of thioether (sulfide) groups is 1. The van der Waals surface area contributed by atoms with Gasteiger partial charge in [-0.3, -0.25) is 0 Å². The molecule has 0 bridgehead atoms. The maximum Gasteiger partial charge on any atom is 0.0664 e. The first-order valence-electron chi connectivity index (χ1n) is 5.07. The molecule has 0 aliphatic carbocycles. The number of hydrogen-bond acceptors (Lipinski definition) is 3. The first kappa shape index (κ1) is 13.3. The lowest BCUT2D eigenvalue weighted by molar-refractivity contribution is 0.109. The van der Waals surface area contributed by atoms with Crippen LogP contribution < -0.4 is 0 Å². The highest BCUT2D eigenvalue weighted by atomic mass is 32.2. The van der Waals surface area contributed by atoms with Gasteiger partial charge in [-0.25, -0.2) is 0 Å². The molecule has 2 nitrogen and oxygen atoms in total. The second-order valence-electron chi connectivity index (χ2n) is 3.51. The van der Waals surface area contributed by atoms with E-state index in [2.05, 4.69) is 25.8 Å². The van der Waals surface area contributed by atoms with Gasteiger partial charge in [0.1, 0.15) is 0 Å². The number of aliphatic hydroxyl groups excluding tert-OH is 1. The predicted molar refractivity (Wildman–Crippen MR) is 61.4 cm³/mol. The molecule has 0 unspecified atom stereocenters. The summed E-state index contributed by atoms with van der Waals surface area (Å²) in [7, 11) is 2.08. The Bertz CT molecular complexity index is 121. The first-order chi connectivity index (χ1) is 6.11. The van der Waals surface area contributed by atoms with Crippen molar-refractivity contribution in [3.8, 4) is 0 Å². The summed E-state index contributed by atoms with van der Waals surface area (Å²) < 4.78 is 0. The molecule has 1 N–H and O–H groups in total. The van der Waals surface area contributed by atoms with E-state index in [9.17, 15) is 5.11 Å². The fraction of sp³-hybridized carbons (Fsp3) is 1.00. The van der Waals surface area contributed by atoms with Crippen molar-refractivity contribution in [1.82, 2.24) is 4.90 Å². The standard InChI is InChI=1S/C10H23NOS/c1-5-10(12)7-11(4)9(3)8-13-6-2/h9-10,12H,5-8H2,1-4H3/t9-,10+/m1/s1. The van der Waals surface area contributed by atoms with Crippen molar-refractivity contribution in [1.29, 1.82) is 0 Å². The van der Waals surface area contributed by atoms with Gasteiger partial charge in [0, 0.05) is 18.3 Å². The lowest BCUT2D eigenvalue weighted by Crippen LogP contribution is -2.37. The number of aliphatic hydroxyl groups is 1. The topological polar surface area (TPSA) is 23.5 Å². The fourth-order valence-electron chi connectivity index (χ4n) is 1.06. The molecular weight excluding hydrogens is 182 g/mol. The molecule has 0 aromatic heterocycles. The van der Waals surface area contributed by atoms with E-state index in [1.165, 1.54) is 5.75 Å². The van der Waals surface area contributed by atoms with Crippen LogP contribution in [-0.4, -0.2) is 47.3 Å². The van der Waals surface area contributed by atoms with Crippen molar-refractivity contribution >= 4 is 11.8 Å². The third kappa shape index (κ3) is 6.36. The molecule has 0 rings (SSSR count). The molecule has 0 saturated carbocycles. The summed E-state index contributed by atoms with van der Waals surface area (Å²) in [5.41, 5.74) is 0. The predicted octanol–water partition coefficient (Wildman–Crippen LogP) is 1.83. The Morgan fingerprint density at radius 3 is 2.46 bits per heavy atom. The Kier molecular flexibility index (Phi) is 7.81. The molecular formula is C10H23NOS. The molecule has 0 amide bonds. The Balaban J connectivity index is 3.61. The average molecular weight is 205 g/mol. The zero-order chi connectivity index (χ0) is 10.3. The van der Waals surface area contributed by atoms with Crippen LogP contribution in [0.5, 0.6) is 0 Å². The minimum atomic E-state index is -0.168. The minimum absolute atomic E-state index is 0.168. The van der Waals surface area contributed by atoms with Crippen LogP contribution in [0, 0.1) is 0 Å². The van der Waals surface area contributed by atoms with Crippen molar-refractivity contribution in [2.45, 2.75) is 39.3 Å². The molecule has 0 aliphatic heterocycles. The van der Waals surface area contributed by atoms with Gasteiger partial charge in [-0.1, -0.05) is 13.8 Å². The second-order valence-corrected chi connectivity index (χ2v) is 4.83. The molecule has 0 aromatic carbocycles. The van der Waals surface area contributed by atoms with Crippen LogP contribution in [0.25, 0.3) is 0 Å². The highest BCUT2D eigenvalue weighted by Gasteiger charge is 2.11. The van der Waals surface area contributed by atoms with Gasteiger partial charge >= 0.3 is 0 Å². The summed E-state index contributed by atoms with van der Waals surface area (Å²) in [6, 6.07) is 0.561. The number of nitrogens with zero attached hydrogens (tertiary/aromatic N) is 1. The normalized spacial score (nSPS) is 16.2. The zero-order valence-electron chi connectivity index (χ0n) is 9.29. The monoisotopic (exact) mass is 205 g/mol. The van der Waals surface area contributed by atoms with Crippen molar-refractivity contribution in [3.05, 3.63) is 0 Å². The van der Waals surface area contributed by atoms with Crippen LogP contribution in [0.2, 0.25) is 0 Å². The van der Waals surface area contributed by atoms with E-state index in [4.69, 9.17) is 0 Å². The molecule has 0 aromatic rings. The lowest BCUT2D eigenvalue weighted by atomic mass is 10.2. The van der Waals surface area contributed by atoms with E-state index in [0.29, 0.717) is 6.04 Å². The Morgan fingerprint density at radius 2 is 2.00 bits per heavy atom. The molecule has 0 saturated heterocycles.